The van der Waals surface area contributed by atoms with Crippen molar-refractivity contribution in [1.29, 1.82) is 0 Å². The van der Waals surface area contributed by atoms with Crippen molar-refractivity contribution in [2.45, 2.75) is 25.8 Å². The van der Waals surface area contributed by atoms with E-state index in [1.54, 1.807) is 24.5 Å². The summed E-state index contributed by atoms with van der Waals surface area (Å²) >= 11 is 1.75. The maximum absolute atomic E-state index is 6.60. The molecule has 2 aliphatic heterocycles. The fourth-order valence-electron chi connectivity index (χ4n) is 4.92. The van der Waals surface area contributed by atoms with Crippen molar-refractivity contribution in [1.82, 2.24) is 24.6 Å². The van der Waals surface area contributed by atoms with Crippen molar-refractivity contribution in [3.8, 4) is 22.9 Å². The van der Waals surface area contributed by atoms with E-state index in [1.807, 2.05) is 18.2 Å². The summed E-state index contributed by atoms with van der Waals surface area (Å²) in [7, 11) is 2.12. The van der Waals surface area contributed by atoms with Gasteiger partial charge in [0.15, 0.2) is 0 Å². The summed E-state index contributed by atoms with van der Waals surface area (Å²) in [5.74, 6) is 1.97. The molecule has 190 valence electrons. The molecule has 2 fully saturated rings. The normalized spacial score (nSPS) is 18.3. The second kappa shape index (κ2) is 10.5. The molecule has 0 aliphatic carbocycles. The zero-order valence-corrected chi connectivity index (χ0v) is 22.0. The molecule has 2 aromatic carbocycles. The van der Waals surface area contributed by atoms with Gasteiger partial charge in [0, 0.05) is 61.0 Å². The van der Waals surface area contributed by atoms with Crippen LogP contribution in [0.5, 0.6) is 11.6 Å². The summed E-state index contributed by atoms with van der Waals surface area (Å²) in [6, 6.07) is 16.9. The lowest BCUT2D eigenvalue weighted by Crippen LogP contribution is -2.38. The zero-order chi connectivity index (χ0) is 25.2. The topological polar surface area (TPSA) is 78.4 Å². The molecule has 6 rings (SSSR count). The van der Waals surface area contributed by atoms with Crippen LogP contribution < -0.4 is 19.7 Å². The molecule has 2 aromatic heterocycles. The van der Waals surface area contributed by atoms with Crippen LogP contribution in [-0.4, -0.2) is 58.5 Å². The van der Waals surface area contributed by atoms with Crippen molar-refractivity contribution in [3.05, 3.63) is 66.5 Å². The number of pyridine rings is 1. The molecule has 9 heteroatoms. The summed E-state index contributed by atoms with van der Waals surface area (Å²) in [6.45, 7) is 6.07. The first-order chi connectivity index (χ1) is 18.2. The van der Waals surface area contributed by atoms with Crippen molar-refractivity contribution < 1.29 is 4.74 Å². The van der Waals surface area contributed by atoms with Crippen LogP contribution in [-0.2, 0) is 0 Å². The number of likely N-dealkylation sites (N-methyl/N-ethyl adjacent to an activating group) is 1. The van der Waals surface area contributed by atoms with E-state index in [1.165, 1.54) is 5.69 Å². The zero-order valence-electron chi connectivity index (χ0n) is 21.1. The third-order valence-corrected chi connectivity index (χ3v) is 7.88. The largest absolute Gasteiger partial charge is 0.437 e. The summed E-state index contributed by atoms with van der Waals surface area (Å²) in [6.07, 6.45) is 5.81. The molecule has 2 N–H and O–H groups in total. The van der Waals surface area contributed by atoms with E-state index >= 15 is 0 Å². The Hall–Kier alpha value is -3.40. The van der Waals surface area contributed by atoms with Gasteiger partial charge in [-0.1, -0.05) is 24.3 Å². The Morgan fingerprint density at radius 2 is 1.97 bits per heavy atom. The first kappa shape index (κ1) is 24.0. The molecular formula is C28H31N7OS. The minimum atomic E-state index is 0.328. The lowest BCUT2D eigenvalue weighted by Gasteiger charge is -2.23. The minimum absolute atomic E-state index is 0.328. The number of rotatable bonds is 6. The van der Waals surface area contributed by atoms with E-state index in [-0.39, 0.29) is 0 Å². The first-order valence-electron chi connectivity index (χ1n) is 12.8. The van der Waals surface area contributed by atoms with Gasteiger partial charge in [-0.05, 0) is 63.2 Å². The predicted octanol–water partition coefficient (Wildman–Crippen LogP) is 5.27. The molecule has 4 aromatic rings. The minimum Gasteiger partial charge on any atom is -0.437 e. The van der Waals surface area contributed by atoms with E-state index in [0.29, 0.717) is 17.9 Å². The van der Waals surface area contributed by atoms with Gasteiger partial charge in [-0.3, -0.25) is 0 Å². The smallest absolute Gasteiger partial charge is 0.228 e. The number of hydrogen-bond acceptors (Lipinski definition) is 9. The Morgan fingerprint density at radius 3 is 2.81 bits per heavy atom. The molecule has 0 saturated carbocycles. The highest BCUT2D eigenvalue weighted by molar-refractivity contribution is 7.98. The fourth-order valence-corrected chi connectivity index (χ4v) is 5.83. The van der Waals surface area contributed by atoms with Crippen molar-refractivity contribution in [2.75, 3.05) is 42.8 Å². The quantitative estimate of drug-likeness (QED) is 0.335. The molecule has 0 amide bonds. The van der Waals surface area contributed by atoms with E-state index in [4.69, 9.17) is 9.72 Å². The summed E-state index contributed by atoms with van der Waals surface area (Å²) in [5.41, 5.74) is 3.86. The summed E-state index contributed by atoms with van der Waals surface area (Å²) in [5, 5.41) is 9.13. The van der Waals surface area contributed by atoms with Crippen LogP contribution in [0.15, 0.2) is 60.9 Å². The number of hydrogen-bond donors (Lipinski definition) is 2. The van der Waals surface area contributed by atoms with Gasteiger partial charge in [0.1, 0.15) is 5.75 Å². The molecule has 0 unspecified atom stereocenters. The van der Waals surface area contributed by atoms with Crippen molar-refractivity contribution in [2.24, 2.45) is 0 Å². The van der Waals surface area contributed by atoms with Gasteiger partial charge < -0.3 is 19.7 Å². The highest BCUT2D eigenvalue weighted by atomic mass is 32.2. The summed E-state index contributed by atoms with van der Waals surface area (Å²) in [4.78, 5) is 13.9. The maximum Gasteiger partial charge on any atom is 0.228 e. The van der Waals surface area contributed by atoms with Crippen LogP contribution >= 0.6 is 12.1 Å². The van der Waals surface area contributed by atoms with Gasteiger partial charge in [0.05, 0.1) is 16.9 Å². The van der Waals surface area contributed by atoms with Gasteiger partial charge in [0.2, 0.25) is 11.8 Å². The van der Waals surface area contributed by atoms with Crippen LogP contribution in [0.25, 0.3) is 22.0 Å². The number of fused-ring (bicyclic) bond motifs is 1. The van der Waals surface area contributed by atoms with Crippen LogP contribution in [0, 0.1) is 6.92 Å². The average molecular weight is 514 g/mol. The highest BCUT2D eigenvalue weighted by Crippen LogP contribution is 2.41. The summed E-state index contributed by atoms with van der Waals surface area (Å²) < 4.78 is 11.2. The van der Waals surface area contributed by atoms with E-state index in [0.717, 1.165) is 72.4 Å². The lowest BCUT2D eigenvalue weighted by molar-refractivity contribution is 0.466. The monoisotopic (exact) mass is 513 g/mol. The Morgan fingerprint density at radius 1 is 1.03 bits per heavy atom. The standard InChI is InChI=1S/C28H31N7OS/c1-19-10-11-21-22(7-3-9-25(21)35-17-16-34(2)37-35)26(19)36-27-23(8-5-14-30-27)24-12-15-31-28(33-24)32-20-6-4-13-29-18-20/h3,5,7-12,14-15,20,29H,4,6,13,16-18H2,1-2H3,(H,31,32,33)/t20-/m0/s1. The van der Waals surface area contributed by atoms with Gasteiger partial charge in [-0.25, -0.2) is 19.3 Å². The molecule has 37 heavy (non-hydrogen) atoms. The van der Waals surface area contributed by atoms with E-state index < -0.39 is 0 Å². The van der Waals surface area contributed by atoms with Crippen molar-refractivity contribution in [3.63, 3.8) is 0 Å². The van der Waals surface area contributed by atoms with Crippen molar-refractivity contribution >= 4 is 34.5 Å². The van der Waals surface area contributed by atoms with Gasteiger partial charge >= 0.3 is 0 Å². The molecule has 8 nitrogen and oxygen atoms in total. The Labute approximate surface area is 221 Å². The van der Waals surface area contributed by atoms with E-state index in [2.05, 4.69) is 73.5 Å². The number of nitrogens with one attached hydrogen (secondary N) is 2. The maximum atomic E-state index is 6.60. The molecule has 0 spiro atoms. The molecule has 2 saturated heterocycles. The average Bonchev–Trinajstić information content (AvgIpc) is 3.37. The number of piperidine rings is 1. The van der Waals surface area contributed by atoms with Gasteiger partial charge in [-0.15, -0.1) is 0 Å². The van der Waals surface area contributed by atoms with Crippen LogP contribution in [0.4, 0.5) is 11.6 Å². The second-order valence-corrected chi connectivity index (χ2v) is 10.8. The second-order valence-electron chi connectivity index (χ2n) is 9.53. The molecule has 1 atom stereocenters. The van der Waals surface area contributed by atoms with Gasteiger partial charge in [-0.2, -0.15) is 0 Å². The van der Waals surface area contributed by atoms with Crippen LogP contribution in [0.2, 0.25) is 0 Å². The highest BCUT2D eigenvalue weighted by Gasteiger charge is 2.22. The molecule has 2 aliphatic rings. The number of benzene rings is 2. The molecule has 0 bridgehead atoms. The number of aromatic nitrogens is 3. The Balaban J connectivity index is 1.34. The first-order valence-corrected chi connectivity index (χ1v) is 13.5. The van der Waals surface area contributed by atoms with Gasteiger partial charge in [0.25, 0.3) is 0 Å². The SMILES string of the molecule is Cc1ccc2c(N3CCN(C)S3)cccc2c1Oc1ncccc1-c1ccnc(N[C@H]2CCCNC2)n1. The number of aryl methyl sites for hydroxylation is 1. The third kappa shape index (κ3) is 5.07. The predicted molar refractivity (Wildman–Crippen MR) is 151 cm³/mol. The lowest BCUT2D eigenvalue weighted by atomic mass is 10.0. The Kier molecular flexibility index (Phi) is 6.82. The third-order valence-electron chi connectivity index (χ3n) is 6.84. The van der Waals surface area contributed by atoms with Crippen LogP contribution in [0.1, 0.15) is 18.4 Å². The Bertz CT molecular complexity index is 1410. The molecule has 0 radical (unpaired) electrons. The fraction of sp³-hybridized carbons (Fsp3) is 0.321. The number of nitrogens with zero attached hydrogens (tertiary/aromatic N) is 5. The number of anilines is 2. The molecule has 4 heterocycles. The van der Waals surface area contributed by atoms with Crippen LogP contribution in [0.3, 0.4) is 0 Å². The number of ether oxygens (including phenoxy) is 1. The van der Waals surface area contributed by atoms with E-state index in [9.17, 15) is 0 Å². The molecular weight excluding hydrogens is 482 g/mol.